The maximum atomic E-state index is 12.0. The molecule has 0 aromatic carbocycles. The lowest BCUT2D eigenvalue weighted by Gasteiger charge is -2.09. The first-order chi connectivity index (χ1) is 7.41. The lowest BCUT2D eigenvalue weighted by molar-refractivity contribution is -0.165. The van der Waals surface area contributed by atoms with Crippen LogP contribution in [0.4, 0.5) is 13.2 Å². The first-order valence-corrected chi connectivity index (χ1v) is 5.52. The maximum Gasteiger partial charge on any atom is 0.455 e. The third-order valence-electron chi connectivity index (χ3n) is 2.07. The Kier molecular flexibility index (Phi) is 4.79. The average Bonchev–Trinajstić information content (AvgIpc) is 2.67. The highest BCUT2D eigenvalue weighted by molar-refractivity contribution is 9.12. The van der Waals surface area contributed by atoms with E-state index in [1.165, 1.54) is 0 Å². The molecule has 1 atom stereocenters. The summed E-state index contributed by atoms with van der Waals surface area (Å²) in [5.74, 6) is -1.90. The Morgan fingerprint density at radius 1 is 1.56 bits per heavy atom. The van der Waals surface area contributed by atoms with Crippen molar-refractivity contribution in [3.63, 3.8) is 0 Å². The summed E-state index contributed by atoms with van der Waals surface area (Å²) in [6.07, 6.45) is -1.99. The molecule has 0 aromatic rings. The number of carbonyl (C=O) groups excluding carboxylic acids is 1. The maximum absolute atomic E-state index is 12.0. The molecule has 1 aliphatic heterocycles. The largest absolute Gasteiger partial charge is 0.455 e. The van der Waals surface area contributed by atoms with Crippen LogP contribution in [0.3, 0.4) is 0 Å². The lowest BCUT2D eigenvalue weighted by Crippen LogP contribution is -2.26. The Morgan fingerprint density at radius 3 is 2.75 bits per heavy atom. The van der Waals surface area contributed by atoms with Gasteiger partial charge in [0.2, 0.25) is 0 Å². The van der Waals surface area contributed by atoms with Gasteiger partial charge in [-0.3, -0.25) is 4.79 Å². The van der Waals surface area contributed by atoms with Gasteiger partial charge in [-0.15, -0.1) is 0 Å². The summed E-state index contributed by atoms with van der Waals surface area (Å²) in [5.41, 5.74) is 0. The minimum Gasteiger partial charge on any atom is -0.387 e. The van der Waals surface area contributed by atoms with Crippen molar-refractivity contribution in [3.8, 4) is 0 Å². The standard InChI is InChI=1S/C9H11BrF3NO2/c10-7(8(15)9(11,12)13)5-14-4-6-2-1-3-16-6/h5-6,14H,1-4H2/b7-5-/t6-/m1/s1. The van der Waals surface area contributed by atoms with Crippen LogP contribution < -0.4 is 5.32 Å². The summed E-state index contributed by atoms with van der Waals surface area (Å²) in [6, 6.07) is 0. The van der Waals surface area contributed by atoms with Gasteiger partial charge >= 0.3 is 6.18 Å². The molecule has 1 heterocycles. The van der Waals surface area contributed by atoms with Crippen molar-refractivity contribution < 1.29 is 22.7 Å². The van der Waals surface area contributed by atoms with E-state index in [4.69, 9.17) is 4.74 Å². The van der Waals surface area contributed by atoms with Gasteiger partial charge in [-0.2, -0.15) is 13.2 Å². The Morgan fingerprint density at radius 2 is 2.25 bits per heavy atom. The number of hydrogen-bond donors (Lipinski definition) is 1. The third kappa shape index (κ3) is 4.13. The Bertz CT molecular complexity index is 285. The number of halogens is 4. The lowest BCUT2D eigenvalue weighted by atomic mass is 10.2. The summed E-state index contributed by atoms with van der Waals surface area (Å²) in [5, 5.41) is 2.63. The van der Waals surface area contributed by atoms with E-state index in [1.807, 2.05) is 0 Å². The van der Waals surface area contributed by atoms with Crippen LogP contribution in [0.15, 0.2) is 10.7 Å². The van der Waals surface area contributed by atoms with Crippen molar-refractivity contribution in [2.45, 2.75) is 25.1 Å². The van der Waals surface area contributed by atoms with E-state index in [2.05, 4.69) is 21.2 Å². The smallest absolute Gasteiger partial charge is 0.387 e. The zero-order valence-electron chi connectivity index (χ0n) is 8.31. The van der Waals surface area contributed by atoms with Crippen LogP contribution >= 0.6 is 15.9 Å². The summed E-state index contributed by atoms with van der Waals surface area (Å²) >= 11 is 2.58. The number of allylic oxidation sites excluding steroid dienone is 1. The first-order valence-electron chi connectivity index (χ1n) is 4.73. The second-order valence-corrected chi connectivity index (χ2v) is 4.22. The topological polar surface area (TPSA) is 38.3 Å². The molecular formula is C9H11BrF3NO2. The summed E-state index contributed by atoms with van der Waals surface area (Å²) in [4.78, 5) is 10.7. The van der Waals surface area contributed by atoms with Gasteiger partial charge in [0.1, 0.15) is 0 Å². The van der Waals surface area contributed by atoms with Crippen molar-refractivity contribution >= 4 is 21.7 Å². The van der Waals surface area contributed by atoms with Gasteiger partial charge in [-0.05, 0) is 28.8 Å². The second kappa shape index (κ2) is 5.67. The highest BCUT2D eigenvalue weighted by Crippen LogP contribution is 2.23. The van der Waals surface area contributed by atoms with Crippen LogP contribution in [0.2, 0.25) is 0 Å². The quantitative estimate of drug-likeness (QED) is 0.809. The summed E-state index contributed by atoms with van der Waals surface area (Å²) in [7, 11) is 0. The minimum absolute atomic E-state index is 0.0116. The van der Waals surface area contributed by atoms with Gasteiger partial charge in [0.15, 0.2) is 0 Å². The van der Waals surface area contributed by atoms with E-state index < -0.39 is 16.4 Å². The molecule has 1 fully saturated rings. The number of ether oxygens (including phenoxy) is 1. The highest BCUT2D eigenvalue weighted by atomic mass is 79.9. The van der Waals surface area contributed by atoms with E-state index in [0.717, 1.165) is 19.0 Å². The number of alkyl halides is 3. The molecule has 0 aliphatic carbocycles. The van der Waals surface area contributed by atoms with Crippen LogP contribution in [-0.2, 0) is 9.53 Å². The fourth-order valence-electron chi connectivity index (χ4n) is 1.29. The van der Waals surface area contributed by atoms with Crippen LogP contribution in [0.25, 0.3) is 0 Å². The fraction of sp³-hybridized carbons (Fsp3) is 0.667. The zero-order valence-corrected chi connectivity index (χ0v) is 9.90. The van der Waals surface area contributed by atoms with Crippen molar-refractivity contribution in [2.75, 3.05) is 13.2 Å². The fourth-order valence-corrected chi connectivity index (χ4v) is 1.67. The van der Waals surface area contributed by atoms with Crippen LogP contribution in [-0.4, -0.2) is 31.2 Å². The molecule has 0 bridgehead atoms. The zero-order chi connectivity index (χ0) is 12.2. The summed E-state index contributed by atoms with van der Waals surface area (Å²) < 4.78 is 40.6. The third-order valence-corrected chi connectivity index (χ3v) is 2.66. The molecule has 1 aliphatic rings. The van der Waals surface area contributed by atoms with Crippen LogP contribution in [0.5, 0.6) is 0 Å². The minimum atomic E-state index is -4.85. The van der Waals surface area contributed by atoms with E-state index >= 15 is 0 Å². The van der Waals surface area contributed by atoms with Gasteiger partial charge in [-0.1, -0.05) is 0 Å². The number of rotatable bonds is 4. The molecule has 0 aromatic heterocycles. The first kappa shape index (κ1) is 13.5. The molecule has 1 N–H and O–H groups in total. The monoisotopic (exact) mass is 301 g/mol. The second-order valence-electron chi connectivity index (χ2n) is 3.36. The van der Waals surface area contributed by atoms with E-state index in [1.54, 1.807) is 0 Å². The Hall–Kier alpha value is -0.560. The number of ketones is 1. The van der Waals surface area contributed by atoms with Crippen LogP contribution in [0, 0.1) is 0 Å². The number of nitrogens with one attached hydrogen (secondary N) is 1. The van der Waals surface area contributed by atoms with Crippen molar-refractivity contribution in [3.05, 3.63) is 10.7 Å². The van der Waals surface area contributed by atoms with Gasteiger partial charge in [0.05, 0.1) is 10.6 Å². The molecule has 0 amide bonds. The normalized spacial score (nSPS) is 22.2. The van der Waals surface area contributed by atoms with Crippen molar-refractivity contribution in [1.82, 2.24) is 5.32 Å². The molecule has 1 saturated heterocycles. The molecule has 7 heteroatoms. The van der Waals surface area contributed by atoms with E-state index in [-0.39, 0.29) is 6.10 Å². The molecule has 0 radical (unpaired) electrons. The summed E-state index contributed by atoms with van der Waals surface area (Å²) in [6.45, 7) is 1.08. The molecule has 3 nitrogen and oxygen atoms in total. The van der Waals surface area contributed by atoms with Crippen LogP contribution in [0.1, 0.15) is 12.8 Å². The van der Waals surface area contributed by atoms with E-state index in [0.29, 0.717) is 13.2 Å². The number of hydrogen-bond acceptors (Lipinski definition) is 3. The molecule has 16 heavy (non-hydrogen) atoms. The van der Waals surface area contributed by atoms with Gasteiger partial charge in [0, 0.05) is 19.4 Å². The Balaban J connectivity index is 2.35. The van der Waals surface area contributed by atoms with Gasteiger partial charge in [-0.25, -0.2) is 0 Å². The van der Waals surface area contributed by atoms with Gasteiger partial charge < -0.3 is 10.1 Å². The SMILES string of the molecule is O=C(/C(Br)=C/NC[C@H]1CCCO1)C(F)(F)F. The van der Waals surface area contributed by atoms with Crippen molar-refractivity contribution in [2.24, 2.45) is 0 Å². The highest BCUT2D eigenvalue weighted by Gasteiger charge is 2.39. The molecule has 0 unspecified atom stereocenters. The number of Topliss-reactive ketones (excluding diaryl/α,β-unsaturated/α-hetero) is 1. The predicted octanol–water partition coefficient (Wildman–Crippen LogP) is 2.12. The molecule has 1 rings (SSSR count). The van der Waals surface area contributed by atoms with Crippen molar-refractivity contribution in [1.29, 1.82) is 0 Å². The Labute approximate surface area is 99.2 Å². The average molecular weight is 302 g/mol. The molecular weight excluding hydrogens is 291 g/mol. The van der Waals surface area contributed by atoms with E-state index in [9.17, 15) is 18.0 Å². The molecule has 0 saturated carbocycles. The predicted molar refractivity (Wildman–Crippen MR) is 55.0 cm³/mol. The van der Waals surface area contributed by atoms with Gasteiger partial charge in [0.25, 0.3) is 5.78 Å². The number of carbonyl (C=O) groups is 1. The molecule has 92 valence electrons. The molecule has 0 spiro atoms.